The number of nitrogens with one attached hydrogen (secondary N) is 1. The van der Waals surface area contributed by atoms with Crippen molar-refractivity contribution in [2.45, 2.75) is 38.9 Å². The number of halogens is 1. The quantitative estimate of drug-likeness (QED) is 0.248. The average molecular weight is 579 g/mol. The third kappa shape index (κ3) is 5.15. The van der Waals surface area contributed by atoms with Crippen molar-refractivity contribution in [3.8, 4) is 28.0 Å². The van der Waals surface area contributed by atoms with Crippen molar-refractivity contribution in [3.05, 3.63) is 70.1 Å². The Balaban J connectivity index is 1.27. The number of ether oxygens (including phenoxy) is 2. The van der Waals surface area contributed by atoms with Gasteiger partial charge in [-0.05, 0) is 57.1 Å². The number of carbonyl (C=O) groups is 1. The van der Waals surface area contributed by atoms with Crippen LogP contribution in [0.15, 0.2) is 53.2 Å². The van der Waals surface area contributed by atoms with Crippen molar-refractivity contribution in [1.82, 2.24) is 25.1 Å². The van der Waals surface area contributed by atoms with Gasteiger partial charge >= 0.3 is 0 Å². The number of primary amides is 1. The van der Waals surface area contributed by atoms with E-state index in [1.165, 1.54) is 11.3 Å². The SMILES string of the molecule is Cc1nnc(-c2ccc3c(c2)ncn3-c2cc(O[C@H](C)c3cccc(OC4CCNCC4)c3Cl)c(C(N)=O)s2)o1. The van der Waals surface area contributed by atoms with Crippen molar-refractivity contribution in [2.75, 3.05) is 13.1 Å². The Morgan fingerprint density at radius 3 is 2.77 bits per heavy atom. The molecule has 206 valence electrons. The predicted octanol–water partition coefficient (Wildman–Crippen LogP) is 5.47. The molecule has 3 aromatic heterocycles. The minimum absolute atomic E-state index is 0.114. The molecule has 0 bridgehead atoms. The molecule has 0 spiro atoms. The molecule has 10 nitrogen and oxygen atoms in total. The van der Waals surface area contributed by atoms with Crippen LogP contribution < -0.4 is 20.5 Å². The lowest BCUT2D eigenvalue weighted by Gasteiger charge is -2.25. The van der Waals surface area contributed by atoms with Gasteiger partial charge in [0.05, 0.1) is 16.1 Å². The fourth-order valence-electron chi connectivity index (χ4n) is 4.75. The van der Waals surface area contributed by atoms with Gasteiger partial charge < -0.3 is 24.9 Å². The van der Waals surface area contributed by atoms with Gasteiger partial charge in [0.15, 0.2) is 0 Å². The highest BCUT2D eigenvalue weighted by molar-refractivity contribution is 7.16. The Morgan fingerprint density at radius 2 is 2.02 bits per heavy atom. The van der Waals surface area contributed by atoms with E-state index in [0.717, 1.165) is 53.1 Å². The Kier molecular flexibility index (Phi) is 7.18. The number of fused-ring (bicyclic) bond motifs is 1. The summed E-state index contributed by atoms with van der Waals surface area (Å²) in [5, 5.41) is 12.5. The highest BCUT2D eigenvalue weighted by atomic mass is 35.5. The summed E-state index contributed by atoms with van der Waals surface area (Å²) in [7, 11) is 0. The Bertz CT molecular complexity index is 1690. The van der Waals surface area contributed by atoms with Crippen LogP contribution in [0.5, 0.6) is 11.5 Å². The largest absolute Gasteiger partial charge is 0.489 e. The summed E-state index contributed by atoms with van der Waals surface area (Å²) in [4.78, 5) is 17.2. The maximum Gasteiger partial charge on any atom is 0.262 e. The van der Waals surface area contributed by atoms with Crippen LogP contribution in [0.1, 0.15) is 47.0 Å². The van der Waals surface area contributed by atoms with E-state index in [2.05, 4.69) is 20.5 Å². The third-order valence-corrected chi connectivity index (χ3v) is 8.32. The summed E-state index contributed by atoms with van der Waals surface area (Å²) in [5.41, 5.74) is 8.84. The molecule has 1 amide bonds. The van der Waals surface area contributed by atoms with Gasteiger partial charge in [-0.2, -0.15) is 0 Å². The number of carbonyl (C=O) groups excluding carboxylic acids is 1. The van der Waals surface area contributed by atoms with Crippen LogP contribution in [-0.2, 0) is 0 Å². The Hall–Kier alpha value is -3.93. The van der Waals surface area contributed by atoms with E-state index in [4.69, 9.17) is 31.2 Å². The number of amides is 1. The molecule has 0 unspecified atom stereocenters. The minimum Gasteiger partial charge on any atom is -0.489 e. The molecule has 5 aromatic rings. The number of nitrogens with zero attached hydrogens (tertiary/aromatic N) is 4. The number of imidazole rings is 1. The van der Waals surface area contributed by atoms with Crippen molar-refractivity contribution in [1.29, 1.82) is 0 Å². The van der Waals surface area contributed by atoms with Gasteiger partial charge in [0.25, 0.3) is 5.91 Å². The summed E-state index contributed by atoms with van der Waals surface area (Å²) in [6, 6.07) is 13.1. The van der Waals surface area contributed by atoms with E-state index in [9.17, 15) is 4.79 Å². The molecular weight excluding hydrogens is 552 g/mol. The first kappa shape index (κ1) is 26.3. The lowest BCUT2D eigenvalue weighted by molar-refractivity contribution is 0.0998. The monoisotopic (exact) mass is 578 g/mol. The van der Waals surface area contributed by atoms with Crippen LogP contribution >= 0.6 is 22.9 Å². The summed E-state index contributed by atoms with van der Waals surface area (Å²) in [6.45, 7) is 5.46. The zero-order valence-corrected chi connectivity index (χ0v) is 23.5. The lowest BCUT2D eigenvalue weighted by Crippen LogP contribution is -2.34. The van der Waals surface area contributed by atoms with Crippen LogP contribution in [-0.4, -0.2) is 44.8 Å². The molecule has 12 heteroatoms. The van der Waals surface area contributed by atoms with E-state index in [1.807, 2.05) is 47.9 Å². The Labute approximate surface area is 239 Å². The summed E-state index contributed by atoms with van der Waals surface area (Å²) < 4.78 is 19.9. The molecule has 6 rings (SSSR count). The average Bonchev–Trinajstić information content (AvgIpc) is 3.68. The van der Waals surface area contributed by atoms with Gasteiger partial charge in [-0.1, -0.05) is 23.7 Å². The molecular formula is C28H27ClN6O4S. The molecule has 3 N–H and O–H groups in total. The maximum absolute atomic E-state index is 12.4. The summed E-state index contributed by atoms with van der Waals surface area (Å²) >= 11 is 8.00. The predicted molar refractivity (Wildman–Crippen MR) is 153 cm³/mol. The highest BCUT2D eigenvalue weighted by Gasteiger charge is 2.23. The number of rotatable bonds is 8. The minimum atomic E-state index is -0.578. The van der Waals surface area contributed by atoms with Crippen molar-refractivity contribution < 1.29 is 18.7 Å². The molecule has 0 aliphatic carbocycles. The zero-order chi connectivity index (χ0) is 27.8. The van der Waals surface area contributed by atoms with E-state index in [0.29, 0.717) is 33.2 Å². The molecule has 1 aliphatic heterocycles. The summed E-state index contributed by atoms with van der Waals surface area (Å²) in [5.74, 6) is 1.34. The first-order chi connectivity index (χ1) is 19.4. The van der Waals surface area contributed by atoms with Gasteiger partial charge in [0.1, 0.15) is 39.9 Å². The number of piperidine rings is 1. The van der Waals surface area contributed by atoms with Gasteiger partial charge in [0.2, 0.25) is 11.8 Å². The molecule has 40 heavy (non-hydrogen) atoms. The van der Waals surface area contributed by atoms with E-state index in [-0.39, 0.29) is 6.10 Å². The van der Waals surface area contributed by atoms with Crippen LogP contribution in [0.25, 0.3) is 27.5 Å². The van der Waals surface area contributed by atoms with Gasteiger partial charge in [-0.15, -0.1) is 21.5 Å². The Morgan fingerprint density at radius 1 is 1.20 bits per heavy atom. The molecule has 1 saturated heterocycles. The molecule has 1 aliphatic rings. The van der Waals surface area contributed by atoms with Crippen LogP contribution in [0, 0.1) is 6.92 Å². The normalized spacial score (nSPS) is 14.9. The van der Waals surface area contributed by atoms with Crippen LogP contribution in [0.2, 0.25) is 5.02 Å². The highest BCUT2D eigenvalue weighted by Crippen LogP contribution is 2.39. The molecule has 1 atom stereocenters. The molecule has 0 saturated carbocycles. The van der Waals surface area contributed by atoms with Gasteiger partial charge in [-0.3, -0.25) is 9.36 Å². The second-order valence-corrected chi connectivity index (χ2v) is 11.0. The number of thiophene rings is 1. The van der Waals surface area contributed by atoms with Crippen molar-refractivity contribution >= 4 is 39.9 Å². The first-order valence-electron chi connectivity index (χ1n) is 12.9. The summed E-state index contributed by atoms with van der Waals surface area (Å²) in [6.07, 6.45) is 3.18. The zero-order valence-electron chi connectivity index (χ0n) is 21.9. The lowest BCUT2D eigenvalue weighted by atomic mass is 10.1. The van der Waals surface area contributed by atoms with E-state index < -0.39 is 12.0 Å². The van der Waals surface area contributed by atoms with Crippen molar-refractivity contribution in [3.63, 3.8) is 0 Å². The topological polar surface area (TPSA) is 130 Å². The number of hydrogen-bond acceptors (Lipinski definition) is 9. The second kappa shape index (κ2) is 10.9. The molecule has 1 fully saturated rings. The number of aromatic nitrogens is 4. The standard InChI is InChI=1S/C28H27ClN6O4S/c1-15(19-4-3-5-22(25(19)29)39-18-8-10-31-11-9-18)37-23-13-24(40-26(23)27(30)36)35-14-32-20-12-17(6-7-21(20)35)28-34-33-16(2)38-28/h3-7,12-15,18,31H,8-11H2,1-2H3,(H2,30,36)/t15-/m1/s1. The van der Waals surface area contributed by atoms with Crippen LogP contribution in [0.3, 0.4) is 0 Å². The number of benzene rings is 2. The van der Waals surface area contributed by atoms with Crippen LogP contribution in [0.4, 0.5) is 0 Å². The number of hydrogen-bond donors (Lipinski definition) is 2. The first-order valence-corrected chi connectivity index (χ1v) is 14.1. The molecule has 4 heterocycles. The van der Waals surface area contributed by atoms with E-state index in [1.54, 1.807) is 19.3 Å². The van der Waals surface area contributed by atoms with Gasteiger partial charge in [0, 0.05) is 24.1 Å². The van der Waals surface area contributed by atoms with Crippen molar-refractivity contribution in [2.24, 2.45) is 5.73 Å². The number of nitrogens with two attached hydrogens (primary N) is 1. The third-order valence-electron chi connectivity index (χ3n) is 6.78. The van der Waals surface area contributed by atoms with E-state index >= 15 is 0 Å². The fraction of sp³-hybridized carbons (Fsp3) is 0.286. The second-order valence-electron chi connectivity index (χ2n) is 9.57. The molecule has 2 aromatic carbocycles. The molecule has 0 radical (unpaired) electrons. The smallest absolute Gasteiger partial charge is 0.262 e. The van der Waals surface area contributed by atoms with Gasteiger partial charge in [-0.25, -0.2) is 4.98 Å². The number of aryl methyl sites for hydroxylation is 1. The maximum atomic E-state index is 12.4. The fourth-order valence-corrected chi connectivity index (χ4v) is 6.01.